The van der Waals surface area contributed by atoms with Gasteiger partial charge in [-0.2, -0.15) is 0 Å². The molecule has 4 nitrogen and oxygen atoms in total. The van der Waals surface area contributed by atoms with Crippen LogP contribution in [0.3, 0.4) is 0 Å². The highest BCUT2D eigenvalue weighted by atomic mass is 19.3. The van der Waals surface area contributed by atoms with Crippen molar-refractivity contribution in [3.8, 4) is 5.88 Å². The number of pyridine rings is 1. The second-order valence-electron chi connectivity index (χ2n) is 2.37. The molecule has 0 spiro atoms. The van der Waals surface area contributed by atoms with Gasteiger partial charge in [0.2, 0.25) is 5.88 Å². The summed E-state index contributed by atoms with van der Waals surface area (Å²) in [5.74, 6) is -1.35. The third kappa shape index (κ3) is 2.96. The summed E-state index contributed by atoms with van der Waals surface area (Å²) in [6, 6.07) is 3.93. The summed E-state index contributed by atoms with van der Waals surface area (Å²) in [4.78, 5) is 13.9. The van der Waals surface area contributed by atoms with Crippen LogP contribution in [-0.2, 0) is 0 Å². The number of hydrogen-bond acceptors (Lipinski definition) is 3. The molecule has 0 radical (unpaired) electrons. The highest BCUT2D eigenvalue weighted by molar-refractivity contribution is 5.85. The largest absolute Gasteiger partial charge is 0.477 e. The van der Waals surface area contributed by atoms with Crippen molar-refractivity contribution in [3.05, 3.63) is 23.9 Å². The molecule has 0 aliphatic rings. The number of aromatic carboxylic acids is 1. The van der Waals surface area contributed by atoms with Gasteiger partial charge < -0.3 is 9.84 Å². The number of hydrogen-bond donors (Lipinski definition) is 1. The first-order chi connectivity index (χ1) is 6.59. The highest BCUT2D eigenvalue weighted by Crippen LogP contribution is 2.08. The quantitative estimate of drug-likeness (QED) is 0.803. The van der Waals surface area contributed by atoms with Crippen LogP contribution in [0.2, 0.25) is 0 Å². The Morgan fingerprint density at radius 1 is 1.57 bits per heavy atom. The fraction of sp³-hybridized carbons (Fsp3) is 0.250. The van der Waals surface area contributed by atoms with Gasteiger partial charge in [0.05, 0.1) is 0 Å². The molecule has 1 aromatic heterocycles. The van der Waals surface area contributed by atoms with E-state index in [1.807, 2.05) is 0 Å². The van der Waals surface area contributed by atoms with Gasteiger partial charge in [0, 0.05) is 6.07 Å². The lowest BCUT2D eigenvalue weighted by molar-refractivity contribution is 0.0684. The number of ether oxygens (including phenoxy) is 1. The zero-order valence-electron chi connectivity index (χ0n) is 6.98. The van der Waals surface area contributed by atoms with E-state index in [-0.39, 0.29) is 11.6 Å². The van der Waals surface area contributed by atoms with E-state index in [0.717, 1.165) is 0 Å². The first kappa shape index (κ1) is 10.4. The van der Waals surface area contributed by atoms with Crippen molar-refractivity contribution in [2.24, 2.45) is 0 Å². The molecular weight excluding hydrogens is 196 g/mol. The van der Waals surface area contributed by atoms with E-state index in [1.165, 1.54) is 18.2 Å². The lowest BCUT2D eigenvalue weighted by atomic mass is 10.3. The Balaban J connectivity index is 2.69. The molecule has 0 aliphatic heterocycles. The fourth-order valence-corrected chi connectivity index (χ4v) is 0.763. The third-order valence-electron chi connectivity index (χ3n) is 1.30. The second-order valence-corrected chi connectivity index (χ2v) is 2.37. The Labute approximate surface area is 78.1 Å². The van der Waals surface area contributed by atoms with Gasteiger partial charge in [-0.3, -0.25) is 0 Å². The standard InChI is InChI=1S/C8H7F2NO3/c9-6(10)4-14-7-3-1-2-5(11-7)8(12)13/h1-3,6H,4H2,(H,12,13). The molecule has 14 heavy (non-hydrogen) atoms. The minimum Gasteiger partial charge on any atom is -0.477 e. The van der Waals surface area contributed by atoms with Gasteiger partial charge in [0.25, 0.3) is 6.43 Å². The summed E-state index contributed by atoms with van der Waals surface area (Å²) >= 11 is 0. The molecule has 6 heteroatoms. The van der Waals surface area contributed by atoms with Crippen LogP contribution < -0.4 is 4.74 Å². The van der Waals surface area contributed by atoms with E-state index < -0.39 is 19.0 Å². The molecule has 0 fully saturated rings. The van der Waals surface area contributed by atoms with Crippen LogP contribution in [0, 0.1) is 0 Å². The Hall–Kier alpha value is -1.72. The van der Waals surface area contributed by atoms with Gasteiger partial charge in [0.1, 0.15) is 0 Å². The monoisotopic (exact) mass is 203 g/mol. The molecule has 1 rings (SSSR count). The number of rotatable bonds is 4. The van der Waals surface area contributed by atoms with Gasteiger partial charge in [-0.05, 0) is 6.07 Å². The summed E-state index contributed by atoms with van der Waals surface area (Å²) in [5, 5.41) is 8.52. The predicted molar refractivity (Wildman–Crippen MR) is 42.7 cm³/mol. The summed E-state index contributed by atoms with van der Waals surface area (Å²) in [5.41, 5.74) is -0.239. The van der Waals surface area contributed by atoms with Crippen LogP contribution in [0.5, 0.6) is 5.88 Å². The summed E-state index contributed by atoms with van der Waals surface area (Å²) in [6.07, 6.45) is -2.61. The van der Waals surface area contributed by atoms with Crippen molar-refractivity contribution in [1.82, 2.24) is 4.98 Å². The van der Waals surface area contributed by atoms with Crippen molar-refractivity contribution in [1.29, 1.82) is 0 Å². The molecule has 0 saturated heterocycles. The van der Waals surface area contributed by atoms with Gasteiger partial charge >= 0.3 is 5.97 Å². The number of carboxylic acid groups (broad SMARTS) is 1. The lowest BCUT2D eigenvalue weighted by Gasteiger charge is -2.04. The Bertz CT molecular complexity index is 330. The van der Waals surface area contributed by atoms with Crippen LogP contribution in [-0.4, -0.2) is 29.1 Å². The van der Waals surface area contributed by atoms with Crippen LogP contribution in [0.15, 0.2) is 18.2 Å². The Morgan fingerprint density at radius 2 is 2.29 bits per heavy atom. The maximum absolute atomic E-state index is 11.7. The molecule has 0 unspecified atom stereocenters. The maximum Gasteiger partial charge on any atom is 0.354 e. The van der Waals surface area contributed by atoms with Gasteiger partial charge in [0.15, 0.2) is 12.3 Å². The number of alkyl halides is 2. The average Bonchev–Trinajstić information content (AvgIpc) is 2.15. The zero-order valence-corrected chi connectivity index (χ0v) is 6.98. The normalized spacial score (nSPS) is 10.2. The smallest absolute Gasteiger partial charge is 0.354 e. The molecule has 1 heterocycles. The third-order valence-corrected chi connectivity index (χ3v) is 1.30. The Kier molecular flexibility index (Phi) is 3.33. The number of nitrogens with zero attached hydrogens (tertiary/aromatic N) is 1. The van der Waals surface area contributed by atoms with E-state index >= 15 is 0 Å². The van der Waals surface area contributed by atoms with Crippen molar-refractivity contribution < 1.29 is 23.4 Å². The number of carbonyl (C=O) groups is 1. The van der Waals surface area contributed by atoms with E-state index in [4.69, 9.17) is 5.11 Å². The van der Waals surface area contributed by atoms with Gasteiger partial charge in [-0.25, -0.2) is 18.6 Å². The second kappa shape index (κ2) is 4.50. The van der Waals surface area contributed by atoms with Crippen molar-refractivity contribution in [2.75, 3.05) is 6.61 Å². The molecule has 1 N–H and O–H groups in total. The van der Waals surface area contributed by atoms with E-state index in [2.05, 4.69) is 9.72 Å². The van der Waals surface area contributed by atoms with E-state index in [0.29, 0.717) is 0 Å². The molecule has 0 aliphatic carbocycles. The van der Waals surface area contributed by atoms with Crippen LogP contribution in [0.4, 0.5) is 8.78 Å². The number of aromatic nitrogens is 1. The fourth-order valence-electron chi connectivity index (χ4n) is 0.763. The minimum absolute atomic E-state index is 0.120. The maximum atomic E-state index is 11.7. The van der Waals surface area contributed by atoms with E-state index in [9.17, 15) is 13.6 Å². The number of halogens is 2. The minimum atomic E-state index is -2.61. The summed E-state index contributed by atoms with van der Waals surface area (Å²) < 4.78 is 28.0. The van der Waals surface area contributed by atoms with Crippen LogP contribution in [0.1, 0.15) is 10.5 Å². The lowest BCUT2D eigenvalue weighted by Crippen LogP contribution is -2.09. The Morgan fingerprint density at radius 3 is 2.86 bits per heavy atom. The van der Waals surface area contributed by atoms with Crippen molar-refractivity contribution in [3.63, 3.8) is 0 Å². The summed E-state index contributed by atoms with van der Waals surface area (Å²) in [7, 11) is 0. The molecule has 0 aromatic carbocycles. The molecule has 0 atom stereocenters. The van der Waals surface area contributed by atoms with Crippen LogP contribution in [0.25, 0.3) is 0 Å². The molecular formula is C8H7F2NO3. The molecule has 0 saturated carbocycles. The summed E-state index contributed by atoms with van der Waals surface area (Å²) in [6.45, 7) is -0.796. The van der Waals surface area contributed by atoms with Crippen molar-refractivity contribution >= 4 is 5.97 Å². The first-order valence-corrected chi connectivity index (χ1v) is 3.71. The highest BCUT2D eigenvalue weighted by Gasteiger charge is 2.07. The van der Waals surface area contributed by atoms with E-state index in [1.54, 1.807) is 0 Å². The number of carboxylic acids is 1. The molecule has 0 amide bonds. The van der Waals surface area contributed by atoms with Gasteiger partial charge in [-0.15, -0.1) is 0 Å². The topological polar surface area (TPSA) is 59.4 Å². The predicted octanol–water partition coefficient (Wildman–Crippen LogP) is 1.42. The van der Waals surface area contributed by atoms with Crippen LogP contribution >= 0.6 is 0 Å². The average molecular weight is 203 g/mol. The SMILES string of the molecule is O=C(O)c1cccc(OCC(F)F)n1. The molecule has 1 aromatic rings. The molecule has 76 valence electrons. The van der Waals surface area contributed by atoms with Gasteiger partial charge in [-0.1, -0.05) is 6.07 Å². The van der Waals surface area contributed by atoms with Crippen molar-refractivity contribution in [2.45, 2.75) is 6.43 Å². The zero-order chi connectivity index (χ0) is 10.6. The molecule has 0 bridgehead atoms. The first-order valence-electron chi connectivity index (χ1n) is 3.71.